The SMILES string of the molecule is O=C(O)c1cc(F)nc(F)c1I. The fourth-order valence-electron chi connectivity index (χ4n) is 0.624. The zero-order valence-electron chi connectivity index (χ0n) is 5.51. The maximum atomic E-state index is 12.6. The molecule has 3 nitrogen and oxygen atoms in total. The van der Waals surface area contributed by atoms with E-state index in [1.165, 1.54) is 22.6 Å². The van der Waals surface area contributed by atoms with Crippen molar-refractivity contribution in [1.29, 1.82) is 0 Å². The second-order valence-electron chi connectivity index (χ2n) is 1.90. The highest BCUT2D eigenvalue weighted by Crippen LogP contribution is 2.15. The molecule has 0 saturated heterocycles. The molecule has 0 aromatic carbocycles. The van der Waals surface area contributed by atoms with Crippen LogP contribution in [0.25, 0.3) is 0 Å². The quantitative estimate of drug-likeness (QED) is 0.630. The van der Waals surface area contributed by atoms with Gasteiger partial charge < -0.3 is 5.11 Å². The zero-order valence-corrected chi connectivity index (χ0v) is 7.67. The molecule has 0 bridgehead atoms. The standard InChI is InChI=1S/C6H2F2INO2/c7-3-1-2(6(11)12)4(9)5(8)10-3/h1H,(H,11,12). The number of hydrogen-bond donors (Lipinski definition) is 1. The summed E-state index contributed by atoms with van der Waals surface area (Å²) in [4.78, 5) is 13.2. The maximum absolute atomic E-state index is 12.6. The van der Waals surface area contributed by atoms with E-state index >= 15 is 0 Å². The molecule has 0 amide bonds. The molecule has 1 N–H and O–H groups in total. The van der Waals surface area contributed by atoms with Crippen molar-refractivity contribution in [3.05, 3.63) is 27.1 Å². The molecular formula is C6H2F2INO2. The molecule has 1 aromatic rings. The van der Waals surface area contributed by atoms with E-state index in [0.29, 0.717) is 6.07 Å². The topological polar surface area (TPSA) is 50.2 Å². The van der Waals surface area contributed by atoms with Crippen molar-refractivity contribution >= 4 is 28.6 Å². The van der Waals surface area contributed by atoms with E-state index in [9.17, 15) is 13.6 Å². The molecule has 1 rings (SSSR count). The van der Waals surface area contributed by atoms with Crippen molar-refractivity contribution in [2.24, 2.45) is 0 Å². The number of carboxylic acid groups (broad SMARTS) is 1. The normalized spacial score (nSPS) is 9.92. The van der Waals surface area contributed by atoms with Gasteiger partial charge in [-0.1, -0.05) is 0 Å². The van der Waals surface area contributed by atoms with Gasteiger partial charge in [-0.05, 0) is 22.6 Å². The van der Waals surface area contributed by atoms with Crippen LogP contribution in [0.1, 0.15) is 10.4 Å². The molecule has 1 heterocycles. The molecule has 0 aliphatic carbocycles. The molecule has 0 radical (unpaired) electrons. The van der Waals surface area contributed by atoms with Crippen molar-refractivity contribution in [2.75, 3.05) is 0 Å². The Morgan fingerprint density at radius 1 is 1.58 bits per heavy atom. The summed E-state index contributed by atoms with van der Waals surface area (Å²) in [5.41, 5.74) is -0.416. The van der Waals surface area contributed by atoms with E-state index in [1.807, 2.05) is 0 Å². The third-order valence-electron chi connectivity index (χ3n) is 1.12. The fourth-order valence-corrected chi connectivity index (χ4v) is 1.13. The number of aromatic nitrogens is 1. The van der Waals surface area contributed by atoms with Crippen LogP contribution < -0.4 is 0 Å². The number of hydrogen-bond acceptors (Lipinski definition) is 2. The van der Waals surface area contributed by atoms with Crippen LogP contribution in [0.5, 0.6) is 0 Å². The number of nitrogens with zero attached hydrogens (tertiary/aromatic N) is 1. The highest BCUT2D eigenvalue weighted by Gasteiger charge is 2.15. The molecule has 1 aromatic heterocycles. The van der Waals surface area contributed by atoms with Crippen LogP contribution in [0.3, 0.4) is 0 Å². The molecule has 12 heavy (non-hydrogen) atoms. The molecule has 64 valence electrons. The fraction of sp³-hybridized carbons (Fsp3) is 0. The van der Waals surface area contributed by atoms with Crippen LogP contribution in [-0.4, -0.2) is 16.1 Å². The van der Waals surface area contributed by atoms with E-state index in [1.54, 1.807) is 0 Å². The molecular weight excluding hydrogens is 283 g/mol. The summed E-state index contributed by atoms with van der Waals surface area (Å²) in [6.45, 7) is 0. The Morgan fingerprint density at radius 2 is 2.17 bits per heavy atom. The Labute approximate surface area is 79.6 Å². The summed E-state index contributed by atoms with van der Waals surface area (Å²) in [6, 6.07) is 0.674. The summed E-state index contributed by atoms with van der Waals surface area (Å²) in [5.74, 6) is -3.61. The molecule has 0 fully saturated rings. The van der Waals surface area contributed by atoms with Crippen LogP contribution in [-0.2, 0) is 0 Å². The van der Waals surface area contributed by atoms with E-state index < -0.39 is 23.4 Å². The Kier molecular flexibility index (Phi) is 2.55. The minimum Gasteiger partial charge on any atom is -0.478 e. The minimum atomic E-state index is -1.38. The van der Waals surface area contributed by atoms with Crippen LogP contribution >= 0.6 is 22.6 Å². The van der Waals surface area contributed by atoms with E-state index in [2.05, 4.69) is 4.98 Å². The number of pyridine rings is 1. The summed E-state index contributed by atoms with van der Waals surface area (Å²) in [7, 11) is 0. The summed E-state index contributed by atoms with van der Waals surface area (Å²) < 4.78 is 24.7. The first-order valence-corrected chi connectivity index (χ1v) is 3.85. The van der Waals surface area contributed by atoms with Gasteiger partial charge in [0, 0.05) is 6.07 Å². The number of aromatic carboxylic acids is 1. The largest absolute Gasteiger partial charge is 0.478 e. The molecule has 0 atom stereocenters. The van der Waals surface area contributed by atoms with E-state index in [-0.39, 0.29) is 3.57 Å². The number of halogens is 3. The van der Waals surface area contributed by atoms with Gasteiger partial charge in [-0.25, -0.2) is 4.79 Å². The van der Waals surface area contributed by atoms with Crippen LogP contribution in [0.4, 0.5) is 8.78 Å². The van der Waals surface area contributed by atoms with Crippen molar-refractivity contribution < 1.29 is 18.7 Å². The predicted molar refractivity (Wildman–Crippen MR) is 43.8 cm³/mol. The predicted octanol–water partition coefficient (Wildman–Crippen LogP) is 1.66. The average Bonchev–Trinajstić information content (AvgIpc) is 1.96. The Hall–Kier alpha value is -0.790. The first kappa shape index (κ1) is 9.30. The first-order chi connectivity index (χ1) is 5.52. The van der Waals surface area contributed by atoms with Crippen molar-refractivity contribution in [3.63, 3.8) is 0 Å². The van der Waals surface area contributed by atoms with Gasteiger partial charge in [-0.15, -0.1) is 0 Å². The van der Waals surface area contributed by atoms with Crippen molar-refractivity contribution in [1.82, 2.24) is 4.98 Å². The summed E-state index contributed by atoms with van der Waals surface area (Å²) >= 11 is 1.45. The third kappa shape index (κ3) is 1.68. The number of carboxylic acids is 1. The Balaban J connectivity index is 3.37. The molecule has 6 heteroatoms. The Bertz CT molecular complexity index is 343. The Morgan fingerprint density at radius 3 is 2.67 bits per heavy atom. The maximum Gasteiger partial charge on any atom is 0.337 e. The monoisotopic (exact) mass is 285 g/mol. The van der Waals surface area contributed by atoms with Crippen LogP contribution in [0, 0.1) is 15.5 Å². The second kappa shape index (κ2) is 3.30. The molecule has 0 unspecified atom stereocenters. The highest BCUT2D eigenvalue weighted by molar-refractivity contribution is 14.1. The number of rotatable bonds is 1. The summed E-state index contributed by atoms with van der Waals surface area (Å²) in [5, 5.41) is 8.45. The van der Waals surface area contributed by atoms with Crippen molar-refractivity contribution in [3.8, 4) is 0 Å². The van der Waals surface area contributed by atoms with E-state index in [0.717, 1.165) is 0 Å². The third-order valence-corrected chi connectivity index (χ3v) is 2.14. The lowest BCUT2D eigenvalue weighted by atomic mass is 10.3. The first-order valence-electron chi connectivity index (χ1n) is 2.77. The molecule has 0 aliphatic heterocycles. The summed E-state index contributed by atoms with van der Waals surface area (Å²) in [6.07, 6.45) is 0. The average molecular weight is 285 g/mol. The molecule has 0 saturated carbocycles. The van der Waals surface area contributed by atoms with Gasteiger partial charge in [0.25, 0.3) is 0 Å². The second-order valence-corrected chi connectivity index (χ2v) is 2.98. The van der Waals surface area contributed by atoms with E-state index in [4.69, 9.17) is 5.11 Å². The molecule has 0 aliphatic rings. The zero-order chi connectivity index (χ0) is 9.30. The van der Waals surface area contributed by atoms with Gasteiger partial charge in [-0.3, -0.25) is 0 Å². The lowest BCUT2D eigenvalue weighted by Crippen LogP contribution is -2.05. The molecule has 0 spiro atoms. The van der Waals surface area contributed by atoms with Gasteiger partial charge in [0.15, 0.2) is 0 Å². The van der Waals surface area contributed by atoms with Gasteiger partial charge in [0.1, 0.15) is 0 Å². The smallest absolute Gasteiger partial charge is 0.337 e. The van der Waals surface area contributed by atoms with Crippen LogP contribution in [0.2, 0.25) is 0 Å². The van der Waals surface area contributed by atoms with Gasteiger partial charge in [0.05, 0.1) is 9.13 Å². The van der Waals surface area contributed by atoms with Gasteiger partial charge in [-0.2, -0.15) is 13.8 Å². The minimum absolute atomic E-state index is 0.193. The number of carbonyl (C=O) groups is 1. The van der Waals surface area contributed by atoms with Gasteiger partial charge in [0.2, 0.25) is 11.9 Å². The van der Waals surface area contributed by atoms with Crippen molar-refractivity contribution in [2.45, 2.75) is 0 Å². The lowest BCUT2D eigenvalue weighted by Gasteiger charge is -1.98. The van der Waals surface area contributed by atoms with Gasteiger partial charge >= 0.3 is 5.97 Å². The lowest BCUT2D eigenvalue weighted by molar-refractivity contribution is 0.0694. The highest BCUT2D eigenvalue weighted by atomic mass is 127. The van der Waals surface area contributed by atoms with Crippen LogP contribution in [0.15, 0.2) is 6.07 Å².